The van der Waals surface area contributed by atoms with Crippen molar-refractivity contribution >= 4 is 40.8 Å². The summed E-state index contributed by atoms with van der Waals surface area (Å²) in [4.78, 5) is 30.3. The second-order valence-corrected chi connectivity index (χ2v) is 6.72. The minimum atomic E-state index is -0.563. The third kappa shape index (κ3) is 4.24. The number of aromatic nitrogens is 4. The molecule has 26 heavy (non-hydrogen) atoms. The number of nitrogen functional groups attached to an aromatic ring is 1. The van der Waals surface area contributed by atoms with Gasteiger partial charge < -0.3 is 15.4 Å². The summed E-state index contributed by atoms with van der Waals surface area (Å²) in [5, 5.41) is 2.98. The van der Waals surface area contributed by atoms with E-state index in [1.54, 1.807) is 36.5 Å². The van der Waals surface area contributed by atoms with Crippen molar-refractivity contribution in [1.82, 2.24) is 19.9 Å². The third-order valence-corrected chi connectivity index (χ3v) is 4.37. The fraction of sp³-hybridized carbons (Fsp3) is 0.188. The summed E-state index contributed by atoms with van der Waals surface area (Å²) < 4.78 is 5.23. The third-order valence-electron chi connectivity index (χ3n) is 3.22. The van der Waals surface area contributed by atoms with Crippen LogP contribution in [-0.4, -0.2) is 40.0 Å². The van der Waals surface area contributed by atoms with Crippen LogP contribution in [0.25, 0.3) is 10.6 Å². The lowest BCUT2D eigenvalue weighted by atomic mass is 10.2. The first-order chi connectivity index (χ1) is 12.4. The zero-order valence-electron chi connectivity index (χ0n) is 14.0. The molecule has 2 N–H and O–H groups in total. The van der Waals surface area contributed by atoms with E-state index in [1.807, 2.05) is 12.1 Å². The van der Waals surface area contributed by atoms with Crippen LogP contribution in [-0.2, 0) is 11.3 Å². The normalized spacial score (nSPS) is 10.6. The molecule has 0 aliphatic carbocycles. The van der Waals surface area contributed by atoms with E-state index in [1.165, 1.54) is 11.3 Å². The second kappa shape index (κ2) is 7.63. The van der Waals surface area contributed by atoms with E-state index >= 15 is 0 Å². The molecule has 0 amide bonds. The Hall–Kier alpha value is -2.78. The van der Waals surface area contributed by atoms with Crippen LogP contribution in [0, 0.1) is 0 Å². The smallest absolute Gasteiger partial charge is 0.358 e. The van der Waals surface area contributed by atoms with Crippen molar-refractivity contribution in [2.75, 3.05) is 24.7 Å². The highest BCUT2D eigenvalue weighted by atomic mass is 35.5. The van der Waals surface area contributed by atoms with Crippen LogP contribution in [0.2, 0.25) is 5.02 Å². The van der Waals surface area contributed by atoms with Gasteiger partial charge in [0.15, 0.2) is 18.1 Å². The van der Waals surface area contributed by atoms with Gasteiger partial charge in [0.25, 0.3) is 0 Å². The van der Waals surface area contributed by atoms with Gasteiger partial charge in [-0.05, 0) is 12.1 Å². The number of nitrogens with zero attached hydrogens (tertiary/aromatic N) is 5. The van der Waals surface area contributed by atoms with E-state index in [-0.39, 0.29) is 24.1 Å². The maximum absolute atomic E-state index is 12.2. The Bertz CT molecular complexity index is 929. The van der Waals surface area contributed by atoms with Crippen LogP contribution >= 0.6 is 22.9 Å². The molecule has 10 heteroatoms. The molecule has 2 heterocycles. The minimum absolute atomic E-state index is 0.0634. The van der Waals surface area contributed by atoms with Crippen molar-refractivity contribution in [2.45, 2.75) is 6.61 Å². The molecular weight excluding hydrogens is 376 g/mol. The van der Waals surface area contributed by atoms with Gasteiger partial charge in [-0.2, -0.15) is 15.0 Å². The van der Waals surface area contributed by atoms with E-state index in [0.717, 1.165) is 5.56 Å². The van der Waals surface area contributed by atoms with Crippen molar-refractivity contribution < 1.29 is 9.53 Å². The summed E-state index contributed by atoms with van der Waals surface area (Å²) >= 11 is 7.22. The number of anilines is 2. The molecule has 0 atom stereocenters. The van der Waals surface area contributed by atoms with Gasteiger partial charge in [-0.3, -0.25) is 0 Å². The Morgan fingerprint density at radius 2 is 1.92 bits per heavy atom. The van der Waals surface area contributed by atoms with Crippen molar-refractivity contribution in [2.24, 2.45) is 0 Å². The minimum Gasteiger partial charge on any atom is -0.453 e. The highest BCUT2D eigenvalue weighted by Gasteiger charge is 2.15. The summed E-state index contributed by atoms with van der Waals surface area (Å²) in [6, 6.07) is 7.22. The highest BCUT2D eigenvalue weighted by Crippen LogP contribution is 2.25. The fourth-order valence-electron chi connectivity index (χ4n) is 1.99. The van der Waals surface area contributed by atoms with Gasteiger partial charge in [0, 0.05) is 30.1 Å². The predicted octanol–water partition coefficient (Wildman–Crippen LogP) is 2.65. The molecular formula is C16H15ClN6O2S. The number of halogens is 1. The van der Waals surface area contributed by atoms with Gasteiger partial charge in [0.2, 0.25) is 11.9 Å². The molecule has 3 aromatic rings. The van der Waals surface area contributed by atoms with E-state index in [9.17, 15) is 4.79 Å². The molecule has 0 aliphatic heterocycles. The first-order valence-electron chi connectivity index (χ1n) is 7.48. The number of ether oxygens (including phenoxy) is 1. The monoisotopic (exact) mass is 390 g/mol. The Morgan fingerprint density at radius 3 is 2.62 bits per heavy atom. The zero-order chi connectivity index (χ0) is 18.7. The highest BCUT2D eigenvalue weighted by molar-refractivity contribution is 7.13. The van der Waals surface area contributed by atoms with Gasteiger partial charge >= 0.3 is 5.97 Å². The van der Waals surface area contributed by atoms with Crippen LogP contribution in [0.5, 0.6) is 0 Å². The van der Waals surface area contributed by atoms with Gasteiger partial charge in [-0.25, -0.2) is 9.78 Å². The van der Waals surface area contributed by atoms with Crippen molar-refractivity contribution in [3.8, 4) is 10.6 Å². The number of hydrogen-bond acceptors (Lipinski definition) is 9. The summed E-state index contributed by atoms with van der Waals surface area (Å²) in [6.07, 6.45) is 0. The van der Waals surface area contributed by atoms with Crippen molar-refractivity contribution in [3.63, 3.8) is 0 Å². The second-order valence-electron chi connectivity index (χ2n) is 5.43. The van der Waals surface area contributed by atoms with Crippen LogP contribution in [0.1, 0.15) is 16.3 Å². The van der Waals surface area contributed by atoms with Crippen LogP contribution < -0.4 is 10.6 Å². The van der Waals surface area contributed by atoms with E-state index in [0.29, 0.717) is 16.0 Å². The van der Waals surface area contributed by atoms with Crippen molar-refractivity contribution in [3.05, 3.63) is 46.2 Å². The molecule has 134 valence electrons. The molecule has 0 fully saturated rings. The van der Waals surface area contributed by atoms with Gasteiger partial charge in [0.1, 0.15) is 5.01 Å². The van der Waals surface area contributed by atoms with E-state index in [4.69, 9.17) is 22.1 Å². The Balaban J connectivity index is 1.68. The summed E-state index contributed by atoms with van der Waals surface area (Å²) in [5.41, 5.74) is 6.74. The van der Waals surface area contributed by atoms with Gasteiger partial charge in [-0.1, -0.05) is 23.7 Å². The topological polar surface area (TPSA) is 107 Å². The van der Waals surface area contributed by atoms with Gasteiger partial charge in [0.05, 0.1) is 0 Å². The zero-order valence-corrected chi connectivity index (χ0v) is 15.6. The quantitative estimate of drug-likeness (QED) is 0.662. The molecule has 0 spiro atoms. The number of thiazole rings is 1. The largest absolute Gasteiger partial charge is 0.453 e. The van der Waals surface area contributed by atoms with Crippen LogP contribution in [0.4, 0.5) is 11.9 Å². The Kier molecular flexibility index (Phi) is 5.29. The standard InChI is InChI=1S/C16H15ClN6O2S/c1-23(2)16-21-12(20-15(18)22-16)7-25-14(24)11-8-26-13(19-11)9-3-5-10(17)6-4-9/h3-6,8H,7H2,1-2H3,(H2,18,20,21,22). The molecule has 0 saturated carbocycles. The molecule has 0 radical (unpaired) electrons. The molecule has 0 unspecified atom stereocenters. The molecule has 2 aromatic heterocycles. The van der Waals surface area contributed by atoms with Crippen LogP contribution in [0.15, 0.2) is 29.6 Å². The molecule has 0 bridgehead atoms. The molecule has 0 aliphatic rings. The molecule has 8 nitrogen and oxygen atoms in total. The molecule has 0 saturated heterocycles. The first-order valence-corrected chi connectivity index (χ1v) is 8.74. The summed E-state index contributed by atoms with van der Waals surface area (Å²) in [7, 11) is 3.55. The first kappa shape index (κ1) is 18.0. The number of benzene rings is 1. The lowest BCUT2D eigenvalue weighted by Gasteiger charge is -2.11. The maximum atomic E-state index is 12.2. The number of carbonyl (C=O) groups excluding carboxylic acids is 1. The fourth-order valence-corrected chi connectivity index (χ4v) is 2.91. The lowest BCUT2D eigenvalue weighted by molar-refractivity contribution is 0.0456. The van der Waals surface area contributed by atoms with Crippen molar-refractivity contribution in [1.29, 1.82) is 0 Å². The molecule has 1 aromatic carbocycles. The predicted molar refractivity (Wildman–Crippen MR) is 100 cm³/mol. The molecule has 3 rings (SSSR count). The number of carbonyl (C=O) groups is 1. The number of nitrogens with two attached hydrogens (primary N) is 1. The average Bonchev–Trinajstić information content (AvgIpc) is 3.10. The SMILES string of the molecule is CN(C)c1nc(N)nc(COC(=O)c2csc(-c3ccc(Cl)cc3)n2)n1. The number of rotatable bonds is 5. The lowest BCUT2D eigenvalue weighted by Crippen LogP contribution is -2.17. The summed E-state index contributed by atoms with van der Waals surface area (Å²) in [6.45, 7) is -0.125. The average molecular weight is 391 g/mol. The van der Waals surface area contributed by atoms with E-state index < -0.39 is 5.97 Å². The van der Waals surface area contributed by atoms with E-state index in [2.05, 4.69) is 19.9 Å². The Labute approximate surface area is 158 Å². The van der Waals surface area contributed by atoms with Gasteiger partial charge in [-0.15, -0.1) is 11.3 Å². The maximum Gasteiger partial charge on any atom is 0.358 e. The number of hydrogen-bond donors (Lipinski definition) is 1. The summed E-state index contributed by atoms with van der Waals surface area (Å²) in [5.74, 6) is 0.158. The van der Waals surface area contributed by atoms with Crippen LogP contribution in [0.3, 0.4) is 0 Å². The Morgan fingerprint density at radius 1 is 1.19 bits per heavy atom. The number of esters is 1.